The molecule has 4 heteroatoms. The number of halogens is 2. The van der Waals surface area contributed by atoms with Gasteiger partial charge in [0.05, 0.1) is 7.11 Å². The second-order valence-electron chi connectivity index (χ2n) is 2.81. The van der Waals surface area contributed by atoms with Crippen molar-refractivity contribution in [1.29, 1.82) is 0 Å². The van der Waals surface area contributed by atoms with E-state index in [2.05, 4.69) is 9.58 Å². The first kappa shape index (κ1) is 10.5. The Balaban J connectivity index is 3.26. The molecule has 0 aliphatic heterocycles. The SMILES string of the molecule is [C-]#[N+]C(C)c1c(F)cc(OC)cc1F. The van der Waals surface area contributed by atoms with Gasteiger partial charge in [0.25, 0.3) is 6.04 Å². The van der Waals surface area contributed by atoms with Gasteiger partial charge in [0, 0.05) is 19.1 Å². The molecule has 0 aliphatic carbocycles. The van der Waals surface area contributed by atoms with Crippen LogP contribution in [-0.2, 0) is 0 Å². The number of ether oxygens (including phenoxy) is 1. The van der Waals surface area contributed by atoms with Crippen LogP contribution < -0.4 is 4.74 Å². The van der Waals surface area contributed by atoms with Crippen molar-refractivity contribution in [1.82, 2.24) is 0 Å². The molecule has 1 aromatic carbocycles. The van der Waals surface area contributed by atoms with Gasteiger partial charge < -0.3 is 9.58 Å². The molecule has 0 aromatic heterocycles. The highest BCUT2D eigenvalue weighted by Crippen LogP contribution is 2.27. The first-order valence-corrected chi connectivity index (χ1v) is 3.99. The van der Waals surface area contributed by atoms with Crippen LogP contribution >= 0.6 is 0 Å². The molecule has 1 atom stereocenters. The number of rotatable bonds is 2. The van der Waals surface area contributed by atoms with Crippen LogP contribution in [0, 0.1) is 18.2 Å². The lowest BCUT2D eigenvalue weighted by Gasteiger charge is -2.06. The molecule has 0 spiro atoms. The third-order valence-electron chi connectivity index (χ3n) is 1.90. The minimum atomic E-state index is -0.819. The van der Waals surface area contributed by atoms with Crippen LogP contribution in [0.25, 0.3) is 4.85 Å². The zero-order valence-electron chi connectivity index (χ0n) is 7.84. The summed E-state index contributed by atoms with van der Waals surface area (Å²) in [4.78, 5) is 3.07. The predicted molar refractivity (Wildman–Crippen MR) is 47.9 cm³/mol. The molecule has 1 unspecified atom stereocenters. The van der Waals surface area contributed by atoms with Gasteiger partial charge in [-0.3, -0.25) is 0 Å². The topological polar surface area (TPSA) is 13.6 Å². The predicted octanol–water partition coefficient (Wildman–Crippen LogP) is 2.95. The third kappa shape index (κ3) is 1.82. The average Bonchev–Trinajstić information content (AvgIpc) is 2.16. The van der Waals surface area contributed by atoms with Gasteiger partial charge in [-0.2, -0.15) is 0 Å². The molecule has 0 radical (unpaired) electrons. The highest BCUT2D eigenvalue weighted by molar-refractivity contribution is 5.33. The highest BCUT2D eigenvalue weighted by atomic mass is 19.1. The molecule has 14 heavy (non-hydrogen) atoms. The van der Waals surface area contributed by atoms with Crippen LogP contribution in [0.5, 0.6) is 5.75 Å². The molecule has 2 nitrogen and oxygen atoms in total. The highest BCUT2D eigenvalue weighted by Gasteiger charge is 2.21. The maximum atomic E-state index is 13.3. The van der Waals surface area contributed by atoms with Crippen LogP contribution in [0.2, 0.25) is 0 Å². The van der Waals surface area contributed by atoms with E-state index in [1.165, 1.54) is 14.0 Å². The Morgan fingerprint density at radius 2 is 1.86 bits per heavy atom. The Morgan fingerprint density at radius 1 is 1.36 bits per heavy atom. The Morgan fingerprint density at radius 3 is 2.21 bits per heavy atom. The van der Waals surface area contributed by atoms with E-state index in [0.717, 1.165) is 12.1 Å². The lowest BCUT2D eigenvalue weighted by atomic mass is 10.1. The van der Waals surface area contributed by atoms with E-state index in [9.17, 15) is 8.78 Å². The summed E-state index contributed by atoms with van der Waals surface area (Å²) in [5, 5.41) is 0. The summed E-state index contributed by atoms with van der Waals surface area (Å²) in [5.74, 6) is -1.38. The molecule has 0 saturated carbocycles. The van der Waals surface area contributed by atoms with E-state index in [4.69, 9.17) is 6.57 Å². The summed E-state index contributed by atoms with van der Waals surface area (Å²) in [6, 6.07) is 1.32. The summed E-state index contributed by atoms with van der Waals surface area (Å²) in [7, 11) is 1.33. The van der Waals surface area contributed by atoms with Crippen molar-refractivity contribution in [3.05, 3.63) is 40.7 Å². The van der Waals surface area contributed by atoms with Crippen molar-refractivity contribution in [2.45, 2.75) is 13.0 Å². The van der Waals surface area contributed by atoms with Crippen LogP contribution in [0.15, 0.2) is 12.1 Å². The van der Waals surface area contributed by atoms with E-state index in [1.54, 1.807) is 0 Å². The zero-order chi connectivity index (χ0) is 10.7. The lowest BCUT2D eigenvalue weighted by Crippen LogP contribution is -1.99. The maximum absolute atomic E-state index is 13.3. The van der Waals surface area contributed by atoms with E-state index >= 15 is 0 Å². The molecular weight excluding hydrogens is 188 g/mol. The van der Waals surface area contributed by atoms with E-state index in [1.807, 2.05) is 0 Å². The molecule has 0 N–H and O–H groups in total. The fourth-order valence-electron chi connectivity index (χ4n) is 1.14. The molecular formula is C10H9F2NO. The number of methoxy groups -OCH3 is 1. The molecule has 0 bridgehead atoms. The van der Waals surface area contributed by atoms with Gasteiger partial charge in [0.2, 0.25) is 0 Å². The Bertz CT molecular complexity index is 361. The van der Waals surface area contributed by atoms with Gasteiger partial charge >= 0.3 is 0 Å². The molecule has 0 fully saturated rings. The van der Waals surface area contributed by atoms with E-state index < -0.39 is 17.7 Å². The quantitative estimate of drug-likeness (QED) is 0.664. The lowest BCUT2D eigenvalue weighted by molar-refractivity contribution is 0.405. The minimum absolute atomic E-state index is 0.112. The van der Waals surface area contributed by atoms with Crippen molar-refractivity contribution in [2.75, 3.05) is 7.11 Å². The molecule has 74 valence electrons. The molecule has 1 aromatic rings. The van der Waals surface area contributed by atoms with Gasteiger partial charge in [-0.1, -0.05) is 0 Å². The number of nitrogens with zero attached hydrogens (tertiary/aromatic N) is 1. The van der Waals surface area contributed by atoms with E-state index in [-0.39, 0.29) is 11.3 Å². The molecule has 0 heterocycles. The minimum Gasteiger partial charge on any atom is -0.497 e. The van der Waals surface area contributed by atoms with Crippen LogP contribution in [-0.4, -0.2) is 7.11 Å². The second-order valence-corrected chi connectivity index (χ2v) is 2.81. The first-order valence-electron chi connectivity index (χ1n) is 3.99. The monoisotopic (exact) mass is 197 g/mol. The van der Waals surface area contributed by atoms with Crippen molar-refractivity contribution in [2.24, 2.45) is 0 Å². The van der Waals surface area contributed by atoms with Gasteiger partial charge in [-0.05, 0) is 0 Å². The largest absolute Gasteiger partial charge is 0.497 e. The molecule has 0 aliphatic rings. The smallest absolute Gasteiger partial charge is 0.251 e. The summed E-state index contributed by atoms with van der Waals surface area (Å²) in [6.07, 6.45) is 0. The van der Waals surface area contributed by atoms with Crippen LogP contribution in [0.4, 0.5) is 8.78 Å². The maximum Gasteiger partial charge on any atom is 0.251 e. The fraction of sp³-hybridized carbons (Fsp3) is 0.300. The van der Waals surface area contributed by atoms with Crippen LogP contribution in [0.3, 0.4) is 0 Å². The average molecular weight is 197 g/mol. The summed E-state index contributed by atoms with van der Waals surface area (Å²) in [6.45, 7) is 8.14. The van der Waals surface area contributed by atoms with Gasteiger partial charge in [0.15, 0.2) is 0 Å². The summed E-state index contributed by atoms with van der Waals surface area (Å²) >= 11 is 0. The number of hydrogen-bond acceptors (Lipinski definition) is 1. The number of benzene rings is 1. The zero-order valence-corrected chi connectivity index (χ0v) is 7.84. The first-order chi connectivity index (χ1) is 6.60. The molecule has 1 rings (SSSR count). The normalized spacial score (nSPS) is 11.9. The Kier molecular flexibility index (Phi) is 3.03. The third-order valence-corrected chi connectivity index (χ3v) is 1.90. The summed E-state index contributed by atoms with van der Waals surface area (Å²) < 4.78 is 31.2. The van der Waals surface area contributed by atoms with E-state index in [0.29, 0.717) is 0 Å². The Labute approximate surface area is 80.9 Å². The van der Waals surface area contributed by atoms with Crippen molar-refractivity contribution < 1.29 is 13.5 Å². The van der Waals surface area contributed by atoms with Crippen molar-refractivity contribution in [3.8, 4) is 5.75 Å². The molecule has 0 saturated heterocycles. The van der Waals surface area contributed by atoms with Crippen LogP contribution in [0.1, 0.15) is 18.5 Å². The van der Waals surface area contributed by atoms with Gasteiger partial charge in [-0.15, -0.1) is 0 Å². The van der Waals surface area contributed by atoms with Crippen molar-refractivity contribution >= 4 is 0 Å². The fourth-order valence-corrected chi connectivity index (χ4v) is 1.14. The second kappa shape index (κ2) is 4.05. The van der Waals surface area contributed by atoms with Gasteiger partial charge in [-0.25, -0.2) is 15.4 Å². The van der Waals surface area contributed by atoms with Crippen molar-refractivity contribution in [3.63, 3.8) is 0 Å². The van der Waals surface area contributed by atoms with Gasteiger partial charge in [0.1, 0.15) is 22.9 Å². The number of hydrogen-bond donors (Lipinski definition) is 0. The standard InChI is InChI=1S/C10H9F2NO/c1-6(13-2)10-8(11)4-7(14-3)5-9(10)12/h4-6H,1,3H3. The summed E-state index contributed by atoms with van der Waals surface area (Å²) in [5.41, 5.74) is -0.208. The Hall–Kier alpha value is -1.63. The molecule has 0 amide bonds.